The molecule has 3 fully saturated rings. The van der Waals surface area contributed by atoms with Crippen molar-refractivity contribution in [2.45, 2.75) is 23.5 Å². The van der Waals surface area contributed by atoms with Gasteiger partial charge in [0.05, 0.1) is 23.5 Å². The number of pyridine rings is 2. The average molecular weight is 384 g/mol. The Kier molecular flexibility index (Phi) is 3.80. The molecule has 0 radical (unpaired) electrons. The SMILES string of the molecule is CSc1nc2c(F)c(Cl)ncc2c(NC2C3CC2N(C(=O)O)C3)c1N. The van der Waals surface area contributed by atoms with Gasteiger partial charge in [0.1, 0.15) is 10.5 Å². The van der Waals surface area contributed by atoms with Crippen LogP contribution in [0.4, 0.5) is 20.6 Å². The zero-order valence-corrected chi connectivity index (χ0v) is 14.7. The summed E-state index contributed by atoms with van der Waals surface area (Å²) in [6, 6.07) is -0.162. The second-order valence-corrected chi connectivity index (χ2v) is 7.36. The normalized spacial score (nSPS) is 24.4. The molecule has 1 amide bonds. The number of anilines is 2. The number of nitrogens with one attached hydrogen (secondary N) is 1. The molecule has 132 valence electrons. The summed E-state index contributed by atoms with van der Waals surface area (Å²) < 4.78 is 14.4. The molecule has 2 bridgehead atoms. The maximum absolute atomic E-state index is 14.4. The van der Waals surface area contributed by atoms with Crippen LogP contribution in [0.3, 0.4) is 0 Å². The fraction of sp³-hybridized carbons (Fsp3) is 0.400. The number of thioether (sulfide) groups is 1. The minimum atomic E-state index is -0.923. The van der Waals surface area contributed by atoms with Crippen molar-refractivity contribution in [3.63, 3.8) is 0 Å². The summed E-state index contributed by atoms with van der Waals surface area (Å²) in [5, 5.41) is 13.3. The van der Waals surface area contributed by atoms with E-state index in [9.17, 15) is 14.3 Å². The number of amides is 1. The first kappa shape index (κ1) is 16.5. The van der Waals surface area contributed by atoms with E-state index >= 15 is 0 Å². The fourth-order valence-corrected chi connectivity index (χ4v) is 4.33. The van der Waals surface area contributed by atoms with Crippen LogP contribution >= 0.6 is 23.4 Å². The number of hydrogen-bond acceptors (Lipinski definition) is 6. The van der Waals surface area contributed by atoms with E-state index < -0.39 is 11.9 Å². The summed E-state index contributed by atoms with van der Waals surface area (Å²) in [7, 11) is 0. The molecule has 25 heavy (non-hydrogen) atoms. The summed E-state index contributed by atoms with van der Waals surface area (Å²) >= 11 is 7.08. The quantitative estimate of drug-likeness (QED) is 0.553. The number of nitrogen functional groups attached to an aromatic ring is 1. The van der Waals surface area contributed by atoms with Crippen molar-refractivity contribution < 1.29 is 14.3 Å². The van der Waals surface area contributed by atoms with Crippen molar-refractivity contribution in [3.05, 3.63) is 17.2 Å². The highest BCUT2D eigenvalue weighted by atomic mass is 35.5. The summed E-state index contributed by atoms with van der Waals surface area (Å²) in [4.78, 5) is 20.8. The predicted molar refractivity (Wildman–Crippen MR) is 94.7 cm³/mol. The molecule has 5 rings (SSSR count). The monoisotopic (exact) mass is 383 g/mol. The molecule has 3 unspecified atom stereocenters. The van der Waals surface area contributed by atoms with Gasteiger partial charge in [-0.1, -0.05) is 11.6 Å². The predicted octanol–water partition coefficient (Wildman–Crippen LogP) is 2.89. The van der Waals surface area contributed by atoms with Crippen LogP contribution in [0.5, 0.6) is 0 Å². The molecule has 4 heterocycles. The van der Waals surface area contributed by atoms with Crippen LogP contribution in [-0.2, 0) is 0 Å². The molecule has 1 saturated carbocycles. The number of carbonyl (C=O) groups is 1. The molecule has 1 aliphatic carbocycles. The smallest absolute Gasteiger partial charge is 0.407 e. The molecule has 4 N–H and O–H groups in total. The van der Waals surface area contributed by atoms with E-state index in [0.717, 1.165) is 6.42 Å². The number of fused-ring (bicyclic) bond motifs is 2. The van der Waals surface area contributed by atoms with Crippen molar-refractivity contribution in [1.29, 1.82) is 0 Å². The first-order valence-electron chi connectivity index (χ1n) is 7.65. The third kappa shape index (κ3) is 2.36. The molecule has 2 saturated heterocycles. The molecule has 10 heteroatoms. The third-order valence-corrected chi connectivity index (χ3v) is 5.94. The maximum atomic E-state index is 14.4. The van der Waals surface area contributed by atoms with Crippen molar-refractivity contribution in [1.82, 2.24) is 14.9 Å². The molecule has 0 spiro atoms. The Labute approximate surface area is 151 Å². The van der Waals surface area contributed by atoms with Gasteiger partial charge >= 0.3 is 6.09 Å². The Balaban J connectivity index is 1.78. The van der Waals surface area contributed by atoms with E-state index in [4.69, 9.17) is 17.3 Å². The van der Waals surface area contributed by atoms with Crippen molar-refractivity contribution in [2.75, 3.05) is 23.9 Å². The van der Waals surface area contributed by atoms with E-state index in [0.29, 0.717) is 28.3 Å². The van der Waals surface area contributed by atoms with Gasteiger partial charge < -0.3 is 21.1 Å². The molecular weight excluding hydrogens is 369 g/mol. The number of nitrogens with zero attached hydrogens (tertiary/aromatic N) is 3. The number of halogens is 2. The van der Waals surface area contributed by atoms with Gasteiger partial charge in [-0.05, 0) is 12.7 Å². The van der Waals surface area contributed by atoms with Crippen LogP contribution < -0.4 is 11.1 Å². The van der Waals surface area contributed by atoms with Crippen molar-refractivity contribution >= 4 is 51.7 Å². The van der Waals surface area contributed by atoms with Gasteiger partial charge in [0.2, 0.25) is 0 Å². The Bertz CT molecular complexity index is 898. The first-order chi connectivity index (χ1) is 11.9. The lowest BCUT2D eigenvalue weighted by molar-refractivity contribution is 0.140. The zero-order valence-electron chi connectivity index (χ0n) is 13.2. The number of rotatable bonds is 3. The highest BCUT2D eigenvalue weighted by Crippen LogP contribution is 2.45. The third-order valence-electron chi connectivity index (χ3n) is 4.98. The van der Waals surface area contributed by atoms with E-state index in [-0.39, 0.29) is 28.7 Å². The van der Waals surface area contributed by atoms with Crippen molar-refractivity contribution in [3.8, 4) is 0 Å². The summed E-state index contributed by atoms with van der Waals surface area (Å²) in [5.41, 5.74) is 7.25. The Hall–Kier alpha value is -2.00. The number of hydrogen-bond donors (Lipinski definition) is 3. The fourth-order valence-electron chi connectivity index (χ4n) is 3.69. The molecule has 0 aromatic carbocycles. The van der Waals surface area contributed by atoms with Crippen LogP contribution in [0.2, 0.25) is 5.15 Å². The van der Waals surface area contributed by atoms with Gasteiger partial charge in [0.25, 0.3) is 0 Å². The summed E-state index contributed by atoms with van der Waals surface area (Å²) in [6.45, 7) is 0.494. The lowest BCUT2D eigenvalue weighted by Crippen LogP contribution is -2.49. The van der Waals surface area contributed by atoms with E-state index in [1.807, 2.05) is 0 Å². The Morgan fingerprint density at radius 1 is 1.60 bits per heavy atom. The number of carboxylic acid groups (broad SMARTS) is 1. The maximum Gasteiger partial charge on any atom is 0.407 e. The van der Waals surface area contributed by atoms with E-state index in [2.05, 4.69) is 15.3 Å². The Morgan fingerprint density at radius 2 is 2.36 bits per heavy atom. The summed E-state index contributed by atoms with van der Waals surface area (Å²) in [6.07, 6.45) is 3.13. The minimum Gasteiger partial charge on any atom is -0.465 e. The van der Waals surface area contributed by atoms with E-state index in [1.54, 1.807) is 6.26 Å². The lowest BCUT2D eigenvalue weighted by Gasteiger charge is -2.37. The van der Waals surface area contributed by atoms with E-state index in [1.165, 1.54) is 22.9 Å². The van der Waals surface area contributed by atoms with Crippen molar-refractivity contribution in [2.24, 2.45) is 5.92 Å². The molecule has 2 aromatic heterocycles. The van der Waals surface area contributed by atoms with Gasteiger partial charge in [-0.2, -0.15) is 0 Å². The second kappa shape index (κ2) is 5.77. The topological polar surface area (TPSA) is 104 Å². The van der Waals surface area contributed by atoms with Gasteiger partial charge in [-0.3, -0.25) is 0 Å². The molecule has 2 aliphatic heterocycles. The number of nitrogens with two attached hydrogens (primary N) is 1. The number of aromatic nitrogens is 2. The molecular formula is C15H15ClFN5O2S. The van der Waals surface area contributed by atoms with Crippen LogP contribution in [0.1, 0.15) is 6.42 Å². The van der Waals surface area contributed by atoms with Gasteiger partial charge in [0.15, 0.2) is 11.0 Å². The standard InChI is InChI=1S/C15H15ClFN5O2S/c1-25-14-9(18)12(6-3-19-13(16)8(17)11(6)21-14)20-10-5-2-7(10)22(4-5)15(23)24/h3,5,7,10H,2,4,18H2,1H3,(H,20,21)(H,23,24). The molecule has 3 aliphatic rings. The Morgan fingerprint density at radius 3 is 3.00 bits per heavy atom. The molecule has 7 nitrogen and oxygen atoms in total. The molecule has 2 aromatic rings. The van der Waals surface area contributed by atoms with Crippen LogP contribution in [0.25, 0.3) is 10.9 Å². The average Bonchev–Trinajstić information content (AvgIpc) is 3.17. The molecule has 3 atom stereocenters. The second-order valence-electron chi connectivity index (χ2n) is 6.20. The van der Waals surface area contributed by atoms with Crippen LogP contribution in [-0.4, -0.2) is 51.0 Å². The van der Waals surface area contributed by atoms with Crippen LogP contribution in [0.15, 0.2) is 11.2 Å². The summed E-state index contributed by atoms with van der Waals surface area (Å²) in [5.74, 6) is -0.479. The minimum absolute atomic E-state index is 0.0579. The highest BCUT2D eigenvalue weighted by molar-refractivity contribution is 7.98. The van der Waals surface area contributed by atoms with Crippen LogP contribution in [0, 0.1) is 11.7 Å². The van der Waals surface area contributed by atoms with Gasteiger partial charge in [-0.15, -0.1) is 11.8 Å². The van der Waals surface area contributed by atoms with Gasteiger partial charge in [-0.25, -0.2) is 19.2 Å². The lowest BCUT2D eigenvalue weighted by atomic mass is 9.80. The van der Waals surface area contributed by atoms with Gasteiger partial charge in [0, 0.05) is 24.0 Å². The highest BCUT2D eigenvalue weighted by Gasteiger charge is 2.54. The first-order valence-corrected chi connectivity index (χ1v) is 9.26. The largest absolute Gasteiger partial charge is 0.465 e. The zero-order chi connectivity index (χ0) is 17.9.